The van der Waals surface area contributed by atoms with Crippen LogP contribution < -0.4 is 20.7 Å². The Balaban J connectivity index is 1.39. The van der Waals surface area contributed by atoms with Gasteiger partial charge in [0.25, 0.3) is 0 Å². The molecule has 4 aromatic rings. The van der Waals surface area contributed by atoms with E-state index >= 15 is 0 Å². The number of amides is 1. The van der Waals surface area contributed by atoms with E-state index in [9.17, 15) is 10.1 Å². The summed E-state index contributed by atoms with van der Waals surface area (Å²) in [7, 11) is 1.61. The summed E-state index contributed by atoms with van der Waals surface area (Å²) in [5.41, 5.74) is 4.96. The first-order chi connectivity index (χ1) is 18.4. The van der Waals surface area contributed by atoms with Gasteiger partial charge >= 0.3 is 0 Å². The number of benzene rings is 3. The number of thiophene rings is 1. The van der Waals surface area contributed by atoms with Crippen LogP contribution in [0.5, 0.6) is 5.75 Å². The number of aryl methyl sites for hydroxylation is 1. The van der Waals surface area contributed by atoms with E-state index in [0.29, 0.717) is 21.4 Å². The van der Waals surface area contributed by atoms with E-state index in [2.05, 4.69) is 22.0 Å². The van der Waals surface area contributed by atoms with E-state index in [1.54, 1.807) is 7.11 Å². The third-order valence-electron chi connectivity index (χ3n) is 5.63. The quantitative estimate of drug-likeness (QED) is 0.152. The number of anilines is 3. The van der Waals surface area contributed by atoms with Crippen molar-refractivity contribution < 1.29 is 9.53 Å². The fourth-order valence-corrected chi connectivity index (χ4v) is 5.73. The van der Waals surface area contributed by atoms with Gasteiger partial charge in [0.1, 0.15) is 16.8 Å². The van der Waals surface area contributed by atoms with Crippen LogP contribution in [0.2, 0.25) is 0 Å². The molecule has 0 radical (unpaired) electrons. The van der Waals surface area contributed by atoms with Crippen LogP contribution in [-0.2, 0) is 4.79 Å². The fraction of sp³-hybridized carbons (Fsp3) is 0.138. The van der Waals surface area contributed by atoms with Gasteiger partial charge in [0.05, 0.1) is 23.6 Å². The lowest BCUT2D eigenvalue weighted by molar-refractivity contribution is -0.115. The molecule has 1 atom stereocenters. The third-order valence-corrected chi connectivity index (χ3v) is 7.82. The van der Waals surface area contributed by atoms with Crippen molar-refractivity contribution in [2.45, 2.75) is 24.0 Å². The average molecular weight is 559 g/mol. The molecule has 0 spiro atoms. The van der Waals surface area contributed by atoms with Crippen LogP contribution in [0.1, 0.15) is 18.1 Å². The van der Waals surface area contributed by atoms with Crippen molar-refractivity contribution in [2.24, 2.45) is 0 Å². The van der Waals surface area contributed by atoms with Gasteiger partial charge in [-0.1, -0.05) is 48.0 Å². The summed E-state index contributed by atoms with van der Waals surface area (Å²) in [6, 6.07) is 25.5. The summed E-state index contributed by atoms with van der Waals surface area (Å²) in [5.74, 6) is 0.521. The fourth-order valence-electron chi connectivity index (χ4n) is 3.66. The predicted octanol–water partition coefficient (Wildman–Crippen LogP) is 7.53. The number of ether oxygens (including phenoxy) is 1. The van der Waals surface area contributed by atoms with Gasteiger partial charge in [0.15, 0.2) is 5.11 Å². The zero-order chi connectivity index (χ0) is 27.1. The zero-order valence-electron chi connectivity index (χ0n) is 21.1. The summed E-state index contributed by atoms with van der Waals surface area (Å²) >= 11 is 8.25. The van der Waals surface area contributed by atoms with Crippen LogP contribution in [0, 0.1) is 18.3 Å². The number of thioether (sulfide) groups is 1. The number of thiocarbonyl (C=S) groups is 1. The highest BCUT2D eigenvalue weighted by Crippen LogP contribution is 2.36. The Morgan fingerprint density at radius 1 is 1.05 bits per heavy atom. The second kappa shape index (κ2) is 12.6. The first-order valence-electron chi connectivity index (χ1n) is 11.7. The third kappa shape index (κ3) is 6.72. The highest BCUT2D eigenvalue weighted by atomic mass is 32.2. The molecule has 0 aliphatic rings. The molecule has 6 nitrogen and oxygen atoms in total. The maximum absolute atomic E-state index is 13.0. The van der Waals surface area contributed by atoms with Crippen molar-refractivity contribution in [2.75, 3.05) is 23.1 Å². The molecule has 1 heterocycles. The molecule has 0 saturated heterocycles. The van der Waals surface area contributed by atoms with Gasteiger partial charge in [-0.05, 0) is 62.0 Å². The smallest absolute Gasteiger partial charge is 0.238 e. The highest BCUT2D eigenvalue weighted by molar-refractivity contribution is 8.00. The SMILES string of the molecule is COc1ccccc1NC(=S)Nc1cccc(SC(C)C(=O)Nc2scc(-c3ccc(C)cc3)c2C#N)c1. The van der Waals surface area contributed by atoms with Crippen molar-refractivity contribution in [1.29, 1.82) is 5.26 Å². The predicted molar refractivity (Wildman–Crippen MR) is 162 cm³/mol. The lowest BCUT2D eigenvalue weighted by Gasteiger charge is -2.15. The van der Waals surface area contributed by atoms with Gasteiger partial charge in [-0.15, -0.1) is 23.1 Å². The van der Waals surface area contributed by atoms with Crippen LogP contribution in [0.25, 0.3) is 11.1 Å². The minimum absolute atomic E-state index is 0.171. The van der Waals surface area contributed by atoms with Crippen molar-refractivity contribution >= 4 is 62.7 Å². The molecule has 192 valence electrons. The number of para-hydroxylation sites is 2. The molecule has 0 aliphatic carbocycles. The molecule has 1 amide bonds. The molecule has 3 aromatic carbocycles. The van der Waals surface area contributed by atoms with Gasteiger partial charge in [0.2, 0.25) is 5.91 Å². The van der Waals surface area contributed by atoms with E-state index in [4.69, 9.17) is 17.0 Å². The largest absolute Gasteiger partial charge is 0.495 e. The molecular weight excluding hydrogens is 533 g/mol. The Morgan fingerprint density at radius 2 is 1.82 bits per heavy atom. The van der Waals surface area contributed by atoms with E-state index in [0.717, 1.165) is 33.0 Å². The first kappa shape index (κ1) is 27.2. The molecule has 9 heteroatoms. The van der Waals surface area contributed by atoms with E-state index in [-0.39, 0.29) is 11.2 Å². The molecule has 0 bridgehead atoms. The number of nitriles is 1. The Morgan fingerprint density at radius 3 is 2.55 bits per heavy atom. The maximum atomic E-state index is 13.0. The van der Waals surface area contributed by atoms with Crippen LogP contribution in [-0.4, -0.2) is 23.4 Å². The topological polar surface area (TPSA) is 86.2 Å². The number of hydrogen-bond donors (Lipinski definition) is 3. The molecule has 0 aliphatic heterocycles. The number of methoxy groups -OCH3 is 1. The zero-order valence-corrected chi connectivity index (χ0v) is 23.5. The molecule has 4 rings (SSSR count). The number of hydrogen-bond acceptors (Lipinski definition) is 6. The molecule has 1 aromatic heterocycles. The van der Waals surface area contributed by atoms with E-state index < -0.39 is 0 Å². The van der Waals surface area contributed by atoms with Crippen molar-refractivity contribution in [3.8, 4) is 22.9 Å². The maximum Gasteiger partial charge on any atom is 0.238 e. The van der Waals surface area contributed by atoms with Gasteiger partial charge in [-0.25, -0.2) is 0 Å². The normalized spacial score (nSPS) is 11.2. The van der Waals surface area contributed by atoms with Crippen molar-refractivity contribution in [3.63, 3.8) is 0 Å². The Labute approximate surface area is 236 Å². The minimum atomic E-state index is -0.389. The van der Waals surface area contributed by atoms with Crippen LogP contribution in [0.3, 0.4) is 0 Å². The number of rotatable bonds is 8. The molecule has 0 saturated carbocycles. The van der Waals surface area contributed by atoms with Crippen LogP contribution in [0.4, 0.5) is 16.4 Å². The van der Waals surface area contributed by atoms with E-state index in [1.807, 2.05) is 92.0 Å². The minimum Gasteiger partial charge on any atom is -0.495 e. The standard InChI is InChI=1S/C29H26N4O2S3/c1-18-11-13-20(14-12-18)24-17-37-28(23(24)16-30)33-27(34)19(2)38-22-8-6-7-21(15-22)31-29(36)32-25-9-4-5-10-26(25)35-3/h4-15,17,19H,1-3H3,(H,33,34)(H2,31,32,36). The van der Waals surface area contributed by atoms with Gasteiger partial charge in [-0.2, -0.15) is 5.26 Å². The van der Waals surface area contributed by atoms with Crippen LogP contribution in [0.15, 0.2) is 83.1 Å². The molecule has 38 heavy (non-hydrogen) atoms. The first-order valence-corrected chi connectivity index (χ1v) is 13.9. The van der Waals surface area contributed by atoms with Crippen molar-refractivity contribution in [1.82, 2.24) is 0 Å². The van der Waals surface area contributed by atoms with Gasteiger partial charge in [0, 0.05) is 21.5 Å². The molecule has 0 fully saturated rings. The van der Waals surface area contributed by atoms with Gasteiger partial charge < -0.3 is 20.7 Å². The Bertz CT molecular complexity index is 1490. The molecular formula is C29H26N4O2S3. The lowest BCUT2D eigenvalue weighted by atomic mass is 10.0. The summed E-state index contributed by atoms with van der Waals surface area (Å²) in [6.07, 6.45) is 0. The summed E-state index contributed by atoms with van der Waals surface area (Å²) in [5, 5.41) is 21.6. The number of nitrogens with one attached hydrogen (secondary N) is 3. The van der Waals surface area contributed by atoms with Crippen LogP contribution >= 0.6 is 35.3 Å². The monoisotopic (exact) mass is 558 g/mol. The van der Waals surface area contributed by atoms with Gasteiger partial charge in [-0.3, -0.25) is 4.79 Å². The molecule has 1 unspecified atom stereocenters. The summed E-state index contributed by atoms with van der Waals surface area (Å²) in [6.45, 7) is 3.86. The Kier molecular flexibility index (Phi) is 9.02. The number of carbonyl (C=O) groups is 1. The average Bonchev–Trinajstić information content (AvgIpc) is 3.31. The second-order valence-electron chi connectivity index (χ2n) is 8.39. The Hall–Kier alpha value is -3.84. The second-order valence-corrected chi connectivity index (χ2v) is 11.1. The van der Waals surface area contributed by atoms with Crippen molar-refractivity contribution in [3.05, 3.63) is 89.3 Å². The lowest BCUT2D eigenvalue weighted by Crippen LogP contribution is -2.22. The molecule has 3 N–H and O–H groups in total. The summed E-state index contributed by atoms with van der Waals surface area (Å²) in [4.78, 5) is 13.9. The number of carbonyl (C=O) groups excluding carboxylic acids is 1. The highest BCUT2D eigenvalue weighted by Gasteiger charge is 2.20. The summed E-state index contributed by atoms with van der Waals surface area (Å²) < 4.78 is 5.36. The van der Waals surface area contributed by atoms with E-state index in [1.165, 1.54) is 23.1 Å². The number of nitrogens with zero attached hydrogens (tertiary/aromatic N) is 1.